The van der Waals surface area contributed by atoms with Gasteiger partial charge in [0.05, 0.1) is 11.7 Å². The number of rotatable bonds is 6. The van der Waals surface area contributed by atoms with Crippen molar-refractivity contribution in [1.82, 2.24) is 13.6 Å². The average Bonchev–Trinajstić information content (AvgIpc) is 3.18. The predicted octanol–water partition coefficient (Wildman–Crippen LogP) is 3.35. The van der Waals surface area contributed by atoms with Crippen LogP contribution in [0, 0.1) is 6.92 Å². The number of carbonyl (C=O) groups is 1. The van der Waals surface area contributed by atoms with Gasteiger partial charge in [0.1, 0.15) is 22.6 Å². The van der Waals surface area contributed by atoms with Crippen LogP contribution in [0.5, 0.6) is 0 Å². The van der Waals surface area contributed by atoms with Gasteiger partial charge in [-0.25, -0.2) is 0 Å². The largest absolute Gasteiger partial charge is 0.466 e. The number of furan rings is 1. The molecule has 6 heteroatoms. The fourth-order valence-corrected chi connectivity index (χ4v) is 2.92. The number of carbonyl (C=O) groups excluding carboxylic acids is 1. The molecule has 0 aliphatic carbocycles. The van der Waals surface area contributed by atoms with Crippen LogP contribution in [0.4, 0.5) is 0 Å². The van der Waals surface area contributed by atoms with Crippen molar-refractivity contribution in [3.05, 3.63) is 60.1 Å². The van der Waals surface area contributed by atoms with Crippen LogP contribution >= 0.6 is 11.7 Å². The van der Waals surface area contributed by atoms with Crippen molar-refractivity contribution in [1.29, 1.82) is 0 Å². The zero-order valence-electron chi connectivity index (χ0n) is 12.9. The first kappa shape index (κ1) is 15.4. The highest BCUT2D eigenvalue weighted by Gasteiger charge is 2.13. The van der Waals surface area contributed by atoms with Crippen molar-refractivity contribution < 1.29 is 9.21 Å². The number of aromatic nitrogens is 2. The molecule has 118 valence electrons. The van der Waals surface area contributed by atoms with E-state index in [-0.39, 0.29) is 5.91 Å². The number of benzene rings is 1. The molecule has 0 radical (unpaired) electrons. The molecule has 0 atom stereocenters. The smallest absolute Gasteiger partial charge is 0.246 e. The van der Waals surface area contributed by atoms with Crippen LogP contribution in [0.25, 0.3) is 11.0 Å². The summed E-state index contributed by atoms with van der Waals surface area (Å²) >= 11 is 1.19. The molecule has 0 spiro atoms. The van der Waals surface area contributed by atoms with Gasteiger partial charge in [-0.2, -0.15) is 8.75 Å². The first-order valence-corrected chi connectivity index (χ1v) is 8.06. The van der Waals surface area contributed by atoms with Crippen molar-refractivity contribution in [3.8, 4) is 0 Å². The molecule has 0 unspecified atom stereocenters. The van der Waals surface area contributed by atoms with Gasteiger partial charge >= 0.3 is 0 Å². The Morgan fingerprint density at radius 1 is 1.30 bits per heavy atom. The quantitative estimate of drug-likeness (QED) is 0.652. The number of nitrogens with zero attached hydrogens (tertiary/aromatic N) is 3. The van der Waals surface area contributed by atoms with Crippen molar-refractivity contribution in [3.63, 3.8) is 0 Å². The maximum Gasteiger partial charge on any atom is 0.246 e. The Morgan fingerprint density at radius 3 is 2.87 bits per heavy atom. The summed E-state index contributed by atoms with van der Waals surface area (Å²) in [6, 6.07) is 9.75. The summed E-state index contributed by atoms with van der Waals surface area (Å²) in [5, 5.41) is 0. The maximum absolute atomic E-state index is 12.1. The average molecular weight is 327 g/mol. The number of amides is 1. The zero-order chi connectivity index (χ0) is 16.2. The van der Waals surface area contributed by atoms with Crippen LogP contribution < -0.4 is 0 Å². The number of aryl methyl sites for hydroxylation is 1. The van der Waals surface area contributed by atoms with Gasteiger partial charge in [0.2, 0.25) is 5.91 Å². The lowest BCUT2D eigenvalue weighted by Gasteiger charge is -2.20. The molecule has 2 aromatic heterocycles. The normalized spacial score (nSPS) is 10.8. The summed E-state index contributed by atoms with van der Waals surface area (Å²) in [5.74, 6) is 1.66. The minimum absolute atomic E-state index is 0.0928. The molecule has 0 bridgehead atoms. The summed E-state index contributed by atoms with van der Waals surface area (Å²) in [6.45, 7) is 6.59. The third-order valence-corrected chi connectivity index (χ3v) is 4.16. The molecule has 0 N–H and O–H groups in total. The van der Waals surface area contributed by atoms with Gasteiger partial charge in [-0.05, 0) is 42.8 Å². The molecule has 2 heterocycles. The first-order chi connectivity index (χ1) is 11.2. The Bertz CT molecular complexity index is 837. The fraction of sp³-hybridized carbons (Fsp3) is 0.235. The third-order valence-electron chi connectivity index (χ3n) is 3.60. The van der Waals surface area contributed by atoms with E-state index >= 15 is 0 Å². The Labute approximate surface area is 138 Å². The summed E-state index contributed by atoms with van der Waals surface area (Å²) in [6.07, 6.45) is 2.02. The second-order valence-corrected chi connectivity index (χ2v) is 5.84. The number of hydrogen-bond donors (Lipinski definition) is 0. The SMILES string of the molecule is C=CC(=O)N(CCc1ccc(C)o1)Cc1ccc2nsnc2c1. The fourth-order valence-electron chi connectivity index (χ4n) is 2.41. The highest BCUT2D eigenvalue weighted by molar-refractivity contribution is 7.00. The molecule has 0 aliphatic heterocycles. The van der Waals surface area contributed by atoms with Crippen molar-refractivity contribution in [2.75, 3.05) is 6.54 Å². The summed E-state index contributed by atoms with van der Waals surface area (Å²) in [7, 11) is 0. The topological polar surface area (TPSA) is 59.2 Å². The molecule has 0 fully saturated rings. The van der Waals surface area contributed by atoms with E-state index in [0.717, 1.165) is 28.1 Å². The van der Waals surface area contributed by atoms with E-state index in [1.165, 1.54) is 17.8 Å². The van der Waals surface area contributed by atoms with E-state index in [1.54, 1.807) is 4.90 Å². The highest BCUT2D eigenvalue weighted by Crippen LogP contribution is 2.16. The van der Waals surface area contributed by atoms with Crippen LogP contribution in [-0.4, -0.2) is 26.1 Å². The summed E-state index contributed by atoms with van der Waals surface area (Å²) in [4.78, 5) is 13.9. The second-order valence-electron chi connectivity index (χ2n) is 5.31. The van der Waals surface area contributed by atoms with E-state index in [9.17, 15) is 4.79 Å². The third kappa shape index (κ3) is 3.65. The van der Waals surface area contributed by atoms with Gasteiger partial charge in [0.15, 0.2) is 0 Å². The van der Waals surface area contributed by atoms with Gasteiger partial charge < -0.3 is 9.32 Å². The van der Waals surface area contributed by atoms with Gasteiger partial charge in [0.25, 0.3) is 0 Å². The molecular weight excluding hydrogens is 310 g/mol. The monoisotopic (exact) mass is 327 g/mol. The summed E-state index contributed by atoms with van der Waals surface area (Å²) < 4.78 is 14.0. The lowest BCUT2D eigenvalue weighted by Crippen LogP contribution is -2.30. The van der Waals surface area contributed by atoms with Gasteiger partial charge in [-0.15, -0.1) is 0 Å². The van der Waals surface area contributed by atoms with Crippen LogP contribution in [0.2, 0.25) is 0 Å². The Balaban J connectivity index is 1.72. The Morgan fingerprint density at radius 2 is 2.13 bits per heavy atom. The van der Waals surface area contributed by atoms with Crippen LogP contribution in [0.15, 0.2) is 47.4 Å². The number of hydrogen-bond acceptors (Lipinski definition) is 5. The van der Waals surface area contributed by atoms with E-state index in [0.29, 0.717) is 19.5 Å². The molecule has 1 aromatic carbocycles. The standard InChI is InChI=1S/C17H17N3O2S/c1-3-17(21)20(9-8-14-6-4-12(2)22-14)11-13-5-7-15-16(10-13)19-23-18-15/h3-7,10H,1,8-9,11H2,2H3. The van der Waals surface area contributed by atoms with E-state index in [2.05, 4.69) is 15.3 Å². The molecule has 3 aromatic rings. The molecule has 3 rings (SSSR count). The lowest BCUT2D eigenvalue weighted by molar-refractivity contribution is -0.126. The van der Waals surface area contributed by atoms with Crippen molar-refractivity contribution >= 4 is 28.7 Å². The molecule has 0 saturated carbocycles. The zero-order valence-corrected chi connectivity index (χ0v) is 13.7. The van der Waals surface area contributed by atoms with Crippen LogP contribution in [0.3, 0.4) is 0 Å². The Kier molecular flexibility index (Phi) is 4.52. The molecule has 5 nitrogen and oxygen atoms in total. The van der Waals surface area contributed by atoms with Gasteiger partial charge in [0, 0.05) is 19.5 Å². The summed E-state index contributed by atoms with van der Waals surface area (Å²) in [5.41, 5.74) is 2.77. The molecule has 0 aliphatic rings. The minimum atomic E-state index is -0.0928. The van der Waals surface area contributed by atoms with E-state index < -0.39 is 0 Å². The molecule has 1 amide bonds. The second kappa shape index (κ2) is 6.75. The Hall–Kier alpha value is -2.47. The molecular formula is C17H17N3O2S. The predicted molar refractivity (Wildman–Crippen MR) is 90.2 cm³/mol. The van der Waals surface area contributed by atoms with E-state index in [1.807, 2.05) is 37.3 Å². The molecule has 23 heavy (non-hydrogen) atoms. The van der Waals surface area contributed by atoms with Gasteiger partial charge in [-0.3, -0.25) is 4.79 Å². The van der Waals surface area contributed by atoms with Crippen LogP contribution in [0.1, 0.15) is 17.1 Å². The van der Waals surface area contributed by atoms with Crippen molar-refractivity contribution in [2.24, 2.45) is 0 Å². The lowest BCUT2D eigenvalue weighted by atomic mass is 10.1. The first-order valence-electron chi connectivity index (χ1n) is 7.33. The van der Waals surface area contributed by atoms with Gasteiger partial charge in [-0.1, -0.05) is 12.6 Å². The number of fused-ring (bicyclic) bond motifs is 1. The minimum Gasteiger partial charge on any atom is -0.466 e. The molecule has 0 saturated heterocycles. The van der Waals surface area contributed by atoms with Crippen LogP contribution in [-0.2, 0) is 17.8 Å². The van der Waals surface area contributed by atoms with Crippen molar-refractivity contribution in [2.45, 2.75) is 19.9 Å². The maximum atomic E-state index is 12.1. The highest BCUT2D eigenvalue weighted by atomic mass is 32.1. The van der Waals surface area contributed by atoms with E-state index in [4.69, 9.17) is 4.42 Å².